The normalized spacial score (nSPS) is 26.3. The summed E-state index contributed by atoms with van der Waals surface area (Å²) in [6.45, 7) is 1.77. The van der Waals surface area contributed by atoms with Crippen molar-refractivity contribution in [2.24, 2.45) is 0 Å². The molecule has 0 radical (unpaired) electrons. The Bertz CT molecular complexity index is 379. The first-order chi connectivity index (χ1) is 8.68. The number of amides is 1. The lowest BCUT2D eigenvalue weighted by molar-refractivity contribution is -0.125. The lowest BCUT2D eigenvalue weighted by Gasteiger charge is -2.23. The molecule has 1 aliphatic rings. The summed E-state index contributed by atoms with van der Waals surface area (Å²) in [5.41, 5.74) is 0. The molecule has 0 bridgehead atoms. The van der Waals surface area contributed by atoms with Crippen LogP contribution in [0.1, 0.15) is 45.1 Å². The molecule has 1 heterocycles. The number of hydrogen-bond donors (Lipinski definition) is 2. The van der Waals surface area contributed by atoms with E-state index in [9.17, 15) is 9.90 Å². The third-order valence-corrected chi connectivity index (χ3v) is 3.52. The molecule has 2 rings (SSSR count). The van der Waals surface area contributed by atoms with Crippen molar-refractivity contribution in [2.45, 2.75) is 57.2 Å². The van der Waals surface area contributed by atoms with E-state index in [1.165, 1.54) is 17.3 Å². The van der Waals surface area contributed by atoms with Gasteiger partial charge in [0.05, 0.1) is 12.1 Å². The number of nitrogens with zero attached hydrogens (tertiary/aromatic N) is 3. The third-order valence-electron chi connectivity index (χ3n) is 3.52. The number of nitrogens with one attached hydrogen (secondary N) is 1. The average Bonchev–Trinajstić information content (AvgIpc) is 2.82. The fourth-order valence-corrected chi connectivity index (χ4v) is 2.30. The van der Waals surface area contributed by atoms with Crippen LogP contribution in [0.3, 0.4) is 0 Å². The topological polar surface area (TPSA) is 80.0 Å². The van der Waals surface area contributed by atoms with E-state index in [2.05, 4.69) is 15.4 Å². The molecule has 1 aliphatic carbocycles. The summed E-state index contributed by atoms with van der Waals surface area (Å²) < 4.78 is 1.51. The molecule has 0 spiro atoms. The van der Waals surface area contributed by atoms with Crippen molar-refractivity contribution in [2.75, 3.05) is 0 Å². The zero-order chi connectivity index (χ0) is 13.0. The molecule has 1 aromatic heterocycles. The van der Waals surface area contributed by atoms with Gasteiger partial charge in [-0.15, -0.1) is 0 Å². The molecular formula is C12H20N4O2. The van der Waals surface area contributed by atoms with Gasteiger partial charge in [-0.2, -0.15) is 5.10 Å². The van der Waals surface area contributed by atoms with E-state index in [1.807, 2.05) is 0 Å². The molecule has 6 nitrogen and oxygen atoms in total. The number of rotatable bonds is 3. The largest absolute Gasteiger partial charge is 0.391 e. The first-order valence-corrected chi connectivity index (χ1v) is 6.51. The second-order valence-corrected chi connectivity index (χ2v) is 4.87. The molecule has 18 heavy (non-hydrogen) atoms. The summed E-state index contributed by atoms with van der Waals surface area (Å²) in [4.78, 5) is 15.9. The van der Waals surface area contributed by atoms with E-state index in [4.69, 9.17) is 0 Å². The maximum absolute atomic E-state index is 12.1. The molecule has 1 saturated carbocycles. The summed E-state index contributed by atoms with van der Waals surface area (Å²) in [7, 11) is 0. The summed E-state index contributed by atoms with van der Waals surface area (Å²) in [6, 6.07) is -0.533. The van der Waals surface area contributed by atoms with Crippen LogP contribution in [0, 0.1) is 0 Å². The molecule has 1 aromatic rings. The summed E-state index contributed by atoms with van der Waals surface area (Å²) in [6.07, 6.45) is 7.32. The quantitative estimate of drug-likeness (QED) is 0.774. The molecule has 0 aromatic carbocycles. The van der Waals surface area contributed by atoms with E-state index < -0.39 is 12.1 Å². The average molecular weight is 252 g/mol. The monoisotopic (exact) mass is 252 g/mol. The molecule has 3 unspecified atom stereocenters. The van der Waals surface area contributed by atoms with E-state index in [0.717, 1.165) is 32.1 Å². The zero-order valence-corrected chi connectivity index (χ0v) is 10.6. The Morgan fingerprint density at radius 2 is 2.22 bits per heavy atom. The van der Waals surface area contributed by atoms with Crippen molar-refractivity contribution in [1.82, 2.24) is 20.1 Å². The highest BCUT2D eigenvalue weighted by molar-refractivity contribution is 5.80. The van der Waals surface area contributed by atoms with E-state index >= 15 is 0 Å². The Labute approximate surface area is 106 Å². The summed E-state index contributed by atoms with van der Waals surface area (Å²) in [5, 5.41) is 16.8. The van der Waals surface area contributed by atoms with Crippen molar-refractivity contribution in [3.8, 4) is 0 Å². The van der Waals surface area contributed by atoms with Crippen LogP contribution in [0.4, 0.5) is 0 Å². The van der Waals surface area contributed by atoms with Gasteiger partial charge >= 0.3 is 0 Å². The second-order valence-electron chi connectivity index (χ2n) is 4.87. The van der Waals surface area contributed by atoms with Crippen LogP contribution in [-0.2, 0) is 4.79 Å². The number of carbonyl (C=O) groups is 1. The van der Waals surface area contributed by atoms with E-state index in [0.29, 0.717) is 0 Å². The van der Waals surface area contributed by atoms with E-state index in [1.54, 1.807) is 6.92 Å². The molecular weight excluding hydrogens is 232 g/mol. The van der Waals surface area contributed by atoms with Gasteiger partial charge in [-0.3, -0.25) is 4.79 Å². The van der Waals surface area contributed by atoms with E-state index in [-0.39, 0.29) is 11.9 Å². The van der Waals surface area contributed by atoms with Gasteiger partial charge < -0.3 is 10.4 Å². The minimum Gasteiger partial charge on any atom is -0.391 e. The van der Waals surface area contributed by atoms with Gasteiger partial charge in [0.25, 0.3) is 0 Å². The Balaban J connectivity index is 1.93. The highest BCUT2D eigenvalue weighted by atomic mass is 16.3. The van der Waals surface area contributed by atoms with Crippen LogP contribution in [0.15, 0.2) is 12.7 Å². The molecule has 6 heteroatoms. The smallest absolute Gasteiger partial charge is 0.244 e. The van der Waals surface area contributed by atoms with Crippen LogP contribution in [0.25, 0.3) is 0 Å². The zero-order valence-electron chi connectivity index (χ0n) is 10.6. The standard InChI is InChI=1S/C12H20N4O2/c1-9(16-8-13-7-14-16)12(18)15-10-5-3-2-4-6-11(10)17/h7-11,17H,2-6H2,1H3,(H,15,18). The number of aromatic nitrogens is 3. The van der Waals surface area contributed by atoms with Crippen molar-refractivity contribution in [3.05, 3.63) is 12.7 Å². The number of aliphatic hydroxyl groups is 1. The number of aliphatic hydroxyl groups excluding tert-OH is 1. The summed E-state index contributed by atoms with van der Waals surface area (Å²) >= 11 is 0. The maximum Gasteiger partial charge on any atom is 0.244 e. The van der Waals surface area contributed by atoms with Gasteiger partial charge in [0, 0.05) is 0 Å². The lowest BCUT2D eigenvalue weighted by atomic mass is 10.1. The molecule has 100 valence electrons. The Morgan fingerprint density at radius 1 is 1.44 bits per heavy atom. The van der Waals surface area contributed by atoms with Gasteiger partial charge in [-0.1, -0.05) is 19.3 Å². The molecule has 2 N–H and O–H groups in total. The fourth-order valence-electron chi connectivity index (χ4n) is 2.30. The van der Waals surface area contributed by atoms with Crippen molar-refractivity contribution in [3.63, 3.8) is 0 Å². The maximum atomic E-state index is 12.1. The minimum atomic E-state index is -0.431. The highest BCUT2D eigenvalue weighted by Crippen LogP contribution is 2.18. The molecule has 3 atom stereocenters. The van der Waals surface area contributed by atoms with Gasteiger partial charge in [0.1, 0.15) is 18.7 Å². The molecule has 1 fully saturated rings. The van der Waals surface area contributed by atoms with Crippen molar-refractivity contribution >= 4 is 5.91 Å². The van der Waals surface area contributed by atoms with Crippen LogP contribution in [-0.4, -0.2) is 37.9 Å². The van der Waals surface area contributed by atoms with Gasteiger partial charge in [0.15, 0.2) is 0 Å². The van der Waals surface area contributed by atoms with Crippen LogP contribution >= 0.6 is 0 Å². The second kappa shape index (κ2) is 5.95. The Hall–Kier alpha value is -1.43. The number of hydrogen-bond acceptors (Lipinski definition) is 4. The van der Waals surface area contributed by atoms with Crippen LogP contribution < -0.4 is 5.32 Å². The van der Waals surface area contributed by atoms with Crippen LogP contribution in [0.2, 0.25) is 0 Å². The predicted octanol–water partition coefficient (Wildman–Crippen LogP) is 0.649. The number of carbonyl (C=O) groups excluding carboxylic acids is 1. The highest BCUT2D eigenvalue weighted by Gasteiger charge is 2.25. The van der Waals surface area contributed by atoms with Gasteiger partial charge in [-0.05, 0) is 19.8 Å². The third kappa shape index (κ3) is 3.07. The van der Waals surface area contributed by atoms with Crippen LogP contribution in [0.5, 0.6) is 0 Å². The fraction of sp³-hybridized carbons (Fsp3) is 0.750. The lowest BCUT2D eigenvalue weighted by Crippen LogP contribution is -2.45. The van der Waals surface area contributed by atoms with Crippen molar-refractivity contribution in [1.29, 1.82) is 0 Å². The molecule has 1 amide bonds. The first-order valence-electron chi connectivity index (χ1n) is 6.51. The van der Waals surface area contributed by atoms with Gasteiger partial charge in [-0.25, -0.2) is 9.67 Å². The van der Waals surface area contributed by atoms with Gasteiger partial charge in [0.2, 0.25) is 5.91 Å². The minimum absolute atomic E-state index is 0.119. The molecule has 0 saturated heterocycles. The summed E-state index contributed by atoms with van der Waals surface area (Å²) in [5.74, 6) is -0.119. The SMILES string of the molecule is CC(C(=O)NC1CCCCCC1O)n1cncn1. The Morgan fingerprint density at radius 3 is 2.94 bits per heavy atom. The first kappa shape index (κ1) is 13.0. The molecule has 0 aliphatic heterocycles. The Kier molecular flexibility index (Phi) is 4.30. The predicted molar refractivity (Wildman–Crippen MR) is 65.8 cm³/mol. The van der Waals surface area contributed by atoms with Crippen molar-refractivity contribution < 1.29 is 9.90 Å².